The molecule has 0 fully saturated rings. The first kappa shape index (κ1) is 16.9. The van der Waals surface area contributed by atoms with E-state index in [-0.39, 0.29) is 17.0 Å². The molecule has 1 aliphatic rings. The van der Waals surface area contributed by atoms with Gasteiger partial charge < -0.3 is 10.1 Å². The summed E-state index contributed by atoms with van der Waals surface area (Å²) >= 11 is 5.35. The van der Waals surface area contributed by atoms with E-state index >= 15 is 0 Å². The van der Waals surface area contributed by atoms with Crippen LogP contribution in [0, 0.1) is 0 Å². The topological polar surface area (TPSA) is 102 Å². The maximum Gasteiger partial charge on any atom is 0.330 e. The highest BCUT2D eigenvalue weighted by Crippen LogP contribution is 2.22. The van der Waals surface area contributed by atoms with Crippen molar-refractivity contribution in [1.82, 2.24) is 10.4 Å². The fraction of sp³-hybridized carbons (Fsp3) is 0.286. The van der Waals surface area contributed by atoms with E-state index in [1.54, 1.807) is 12.1 Å². The third-order valence-electron chi connectivity index (χ3n) is 3.07. The van der Waals surface area contributed by atoms with Gasteiger partial charge in [0.1, 0.15) is 12.5 Å². The summed E-state index contributed by atoms with van der Waals surface area (Å²) in [6.07, 6.45) is 0. The van der Waals surface area contributed by atoms with Gasteiger partial charge in [-0.3, -0.25) is 19.2 Å². The Balaban J connectivity index is 2.07. The minimum absolute atomic E-state index is 0.205. The van der Waals surface area contributed by atoms with Crippen LogP contribution in [-0.2, 0) is 19.2 Å². The average molecular weight is 341 g/mol. The summed E-state index contributed by atoms with van der Waals surface area (Å²) in [6, 6.07) is 5.02. The summed E-state index contributed by atoms with van der Waals surface area (Å²) in [7, 11) is 1.13. The van der Waals surface area contributed by atoms with Gasteiger partial charge in [0.2, 0.25) is 5.91 Å². The molecule has 0 spiro atoms. The third kappa shape index (κ3) is 3.49. The molecule has 23 heavy (non-hydrogen) atoms. The summed E-state index contributed by atoms with van der Waals surface area (Å²) in [5, 5.41) is 2.82. The number of nitrogens with one attached hydrogen (secondary N) is 1. The zero-order valence-corrected chi connectivity index (χ0v) is 12.8. The van der Waals surface area contributed by atoms with Crippen molar-refractivity contribution in [2.45, 2.75) is 6.04 Å². The number of ether oxygens (including phenoxy) is 1. The van der Waals surface area contributed by atoms with E-state index in [9.17, 15) is 19.2 Å². The Morgan fingerprint density at radius 3 is 2.26 bits per heavy atom. The normalized spacial score (nSPS) is 14.4. The predicted molar refractivity (Wildman–Crippen MR) is 77.6 cm³/mol. The van der Waals surface area contributed by atoms with Gasteiger partial charge in [0.05, 0.1) is 18.2 Å². The number of benzene rings is 1. The highest BCUT2D eigenvalue weighted by Gasteiger charge is 2.37. The largest absolute Gasteiger partial charge is 0.467 e. The number of carbonyl (C=O) groups excluding carboxylic acids is 4. The molecular formula is C14H13ClN2O6. The van der Waals surface area contributed by atoms with E-state index in [0.717, 1.165) is 7.11 Å². The van der Waals surface area contributed by atoms with Crippen molar-refractivity contribution in [3.05, 3.63) is 35.4 Å². The molecule has 9 heteroatoms. The Bertz CT molecular complexity index is 627. The number of amides is 3. The van der Waals surface area contributed by atoms with Gasteiger partial charge in [0.15, 0.2) is 6.04 Å². The van der Waals surface area contributed by atoms with E-state index in [0.29, 0.717) is 5.06 Å². The van der Waals surface area contributed by atoms with Crippen LogP contribution in [0.2, 0.25) is 0 Å². The molecule has 1 aromatic rings. The first-order valence-electron chi connectivity index (χ1n) is 6.53. The zero-order chi connectivity index (χ0) is 17.0. The summed E-state index contributed by atoms with van der Waals surface area (Å²) in [6.45, 7) is -0.458. The minimum Gasteiger partial charge on any atom is -0.467 e. The molecule has 0 saturated heterocycles. The molecule has 2 rings (SSSR count). The summed E-state index contributed by atoms with van der Waals surface area (Å²) < 4.78 is 4.52. The van der Waals surface area contributed by atoms with Crippen LogP contribution in [0.4, 0.5) is 0 Å². The molecule has 3 amide bonds. The molecule has 0 unspecified atom stereocenters. The Hall–Kier alpha value is -2.45. The van der Waals surface area contributed by atoms with Gasteiger partial charge in [0.25, 0.3) is 11.8 Å². The number of esters is 1. The van der Waals surface area contributed by atoms with Gasteiger partial charge in [-0.05, 0) is 12.1 Å². The van der Waals surface area contributed by atoms with Gasteiger partial charge in [-0.25, -0.2) is 4.79 Å². The second-order valence-electron chi connectivity index (χ2n) is 4.52. The highest BCUT2D eigenvalue weighted by molar-refractivity contribution is 6.27. The fourth-order valence-corrected chi connectivity index (χ4v) is 2.05. The van der Waals surface area contributed by atoms with Crippen LogP contribution in [0.5, 0.6) is 0 Å². The average Bonchev–Trinajstić information content (AvgIpc) is 2.82. The maximum absolute atomic E-state index is 12.1. The van der Waals surface area contributed by atoms with Crippen molar-refractivity contribution in [2.75, 3.05) is 19.6 Å². The zero-order valence-electron chi connectivity index (χ0n) is 12.1. The van der Waals surface area contributed by atoms with Crippen molar-refractivity contribution in [1.29, 1.82) is 0 Å². The summed E-state index contributed by atoms with van der Waals surface area (Å²) in [4.78, 5) is 52.2. The number of fused-ring (bicyclic) bond motifs is 1. The van der Waals surface area contributed by atoms with Crippen LogP contribution in [0.1, 0.15) is 20.7 Å². The molecule has 0 saturated carbocycles. The number of rotatable bonds is 6. The first-order valence-corrected chi connectivity index (χ1v) is 7.07. The maximum atomic E-state index is 12.1. The van der Waals surface area contributed by atoms with Gasteiger partial charge in [0, 0.05) is 0 Å². The second-order valence-corrected chi connectivity index (χ2v) is 4.79. The lowest BCUT2D eigenvalue weighted by molar-refractivity contribution is -0.152. The predicted octanol–water partition coefficient (Wildman–Crippen LogP) is 0.111. The van der Waals surface area contributed by atoms with Crippen molar-refractivity contribution >= 4 is 35.3 Å². The molecule has 1 N–H and O–H groups in total. The lowest BCUT2D eigenvalue weighted by Gasteiger charge is -2.19. The molecule has 122 valence electrons. The van der Waals surface area contributed by atoms with Crippen LogP contribution in [0.15, 0.2) is 24.3 Å². The van der Waals surface area contributed by atoms with Gasteiger partial charge in [-0.2, -0.15) is 0 Å². The minimum atomic E-state index is -1.20. The number of methoxy groups -OCH3 is 1. The molecule has 0 bridgehead atoms. The molecule has 0 aromatic heterocycles. The van der Waals surface area contributed by atoms with Crippen molar-refractivity contribution in [3.63, 3.8) is 0 Å². The standard InChI is InChI=1S/C14H13ClN2O6/c1-22-14(21)10(16-11(18)6-15)7-23-17-12(19)8-4-2-3-5-9(8)13(17)20/h2-5,10H,6-7H2,1H3,(H,16,18)/t10-/m0/s1. The third-order valence-corrected chi connectivity index (χ3v) is 3.31. The van der Waals surface area contributed by atoms with Crippen LogP contribution >= 0.6 is 11.6 Å². The van der Waals surface area contributed by atoms with E-state index in [1.165, 1.54) is 12.1 Å². The SMILES string of the molecule is COC(=O)[C@H](CON1C(=O)c2ccccc2C1=O)NC(=O)CCl. The van der Waals surface area contributed by atoms with Crippen LogP contribution in [0.25, 0.3) is 0 Å². The number of hydroxylamine groups is 2. The number of carbonyl (C=O) groups is 4. The molecule has 0 aliphatic carbocycles. The number of imide groups is 1. The quantitative estimate of drug-likeness (QED) is 0.448. The molecule has 8 nitrogen and oxygen atoms in total. The number of nitrogens with zero attached hydrogens (tertiary/aromatic N) is 1. The molecular weight excluding hydrogens is 328 g/mol. The number of halogens is 1. The molecule has 1 aliphatic heterocycles. The van der Waals surface area contributed by atoms with E-state index in [4.69, 9.17) is 16.4 Å². The van der Waals surface area contributed by atoms with Crippen molar-refractivity contribution in [3.8, 4) is 0 Å². The van der Waals surface area contributed by atoms with Crippen molar-refractivity contribution < 1.29 is 28.8 Å². The molecule has 0 radical (unpaired) electrons. The highest BCUT2D eigenvalue weighted by atomic mass is 35.5. The first-order chi connectivity index (χ1) is 11.0. The lowest BCUT2D eigenvalue weighted by Crippen LogP contribution is -2.47. The van der Waals surface area contributed by atoms with Gasteiger partial charge >= 0.3 is 5.97 Å². The molecule has 1 aromatic carbocycles. The Labute approximate surface area is 136 Å². The van der Waals surface area contributed by atoms with Crippen molar-refractivity contribution in [2.24, 2.45) is 0 Å². The monoisotopic (exact) mass is 340 g/mol. The number of hydrogen-bond donors (Lipinski definition) is 1. The number of alkyl halides is 1. The summed E-state index contributed by atoms with van der Waals surface area (Å²) in [5.74, 6) is -3.05. The smallest absolute Gasteiger partial charge is 0.330 e. The van der Waals surface area contributed by atoms with E-state index in [1.807, 2.05) is 0 Å². The van der Waals surface area contributed by atoms with Crippen LogP contribution in [-0.4, -0.2) is 54.4 Å². The van der Waals surface area contributed by atoms with Crippen LogP contribution in [0.3, 0.4) is 0 Å². The van der Waals surface area contributed by atoms with Gasteiger partial charge in [-0.1, -0.05) is 12.1 Å². The molecule has 1 heterocycles. The second kappa shape index (κ2) is 7.21. The molecule has 1 atom stereocenters. The lowest BCUT2D eigenvalue weighted by atomic mass is 10.1. The fourth-order valence-electron chi connectivity index (χ4n) is 1.98. The van der Waals surface area contributed by atoms with Crippen LogP contribution < -0.4 is 5.32 Å². The Kier molecular flexibility index (Phi) is 5.30. The Morgan fingerprint density at radius 1 is 1.22 bits per heavy atom. The van der Waals surface area contributed by atoms with E-state index < -0.39 is 36.3 Å². The Morgan fingerprint density at radius 2 is 1.78 bits per heavy atom. The van der Waals surface area contributed by atoms with Gasteiger partial charge in [-0.15, -0.1) is 16.7 Å². The summed E-state index contributed by atoms with van der Waals surface area (Å²) in [5.41, 5.74) is 0.411. The number of hydrogen-bond acceptors (Lipinski definition) is 6. The van der Waals surface area contributed by atoms with E-state index in [2.05, 4.69) is 10.1 Å².